The summed E-state index contributed by atoms with van der Waals surface area (Å²) in [4.78, 5) is 27.5. The van der Waals surface area contributed by atoms with E-state index in [4.69, 9.17) is 21.1 Å². The number of anilines is 1. The predicted molar refractivity (Wildman–Crippen MR) is 93.8 cm³/mol. The number of aliphatic hydroxyl groups is 3. The van der Waals surface area contributed by atoms with Crippen molar-refractivity contribution < 1.29 is 69.0 Å². The standard InChI is InChI=1S/C16H15ClN2O8S.Na/c17-8-5-18-16(28-8)19-13(23)6-3-1-2-4-7(6)26-15-11(22)9(20)10(21)12(27-15)14(24)25;/h1-5,9-12,15,20-22H,(H,24,25)(H,18,19,23);/q;+1/p-1/t9-,10-,11+,12-,15+;/m0./s1. The molecule has 150 valence electrons. The third kappa shape index (κ3) is 5.45. The first-order valence-electron chi connectivity index (χ1n) is 7.87. The molecule has 0 bridgehead atoms. The number of ether oxygens (including phenoxy) is 2. The van der Waals surface area contributed by atoms with Crippen molar-refractivity contribution >= 4 is 39.9 Å². The molecule has 0 unspecified atom stereocenters. The summed E-state index contributed by atoms with van der Waals surface area (Å²) in [6.45, 7) is 0. The Kier molecular flexibility index (Phi) is 8.40. The summed E-state index contributed by atoms with van der Waals surface area (Å²) >= 11 is 6.81. The van der Waals surface area contributed by atoms with Gasteiger partial charge in [0, 0.05) is 0 Å². The van der Waals surface area contributed by atoms with Gasteiger partial charge in [-0.3, -0.25) is 10.1 Å². The van der Waals surface area contributed by atoms with Crippen LogP contribution < -0.4 is 44.7 Å². The number of amides is 1. The molecule has 0 spiro atoms. The van der Waals surface area contributed by atoms with Crippen molar-refractivity contribution in [3.63, 3.8) is 0 Å². The number of carbonyl (C=O) groups excluding carboxylic acids is 2. The van der Waals surface area contributed by atoms with Crippen molar-refractivity contribution in [3.8, 4) is 5.75 Å². The summed E-state index contributed by atoms with van der Waals surface area (Å²) in [7, 11) is 0. The van der Waals surface area contributed by atoms with Gasteiger partial charge in [0.25, 0.3) is 5.91 Å². The molecule has 1 aliphatic rings. The number of benzene rings is 1. The van der Waals surface area contributed by atoms with E-state index in [9.17, 15) is 30.0 Å². The van der Waals surface area contributed by atoms with Crippen LogP contribution in [0.4, 0.5) is 5.13 Å². The van der Waals surface area contributed by atoms with E-state index in [2.05, 4.69) is 10.3 Å². The number of halogens is 1. The summed E-state index contributed by atoms with van der Waals surface area (Å²) in [6.07, 6.45) is -7.79. The molecule has 3 rings (SSSR count). The number of aromatic nitrogens is 1. The Bertz CT molecular complexity index is 884. The molecular weight excluding hydrogens is 439 g/mol. The fraction of sp³-hybridized carbons (Fsp3) is 0.312. The first-order chi connectivity index (χ1) is 13.3. The number of carboxylic acid groups (broad SMARTS) is 1. The fourth-order valence-electron chi connectivity index (χ4n) is 2.50. The van der Waals surface area contributed by atoms with Gasteiger partial charge >= 0.3 is 29.6 Å². The Balaban J connectivity index is 0.00000300. The molecule has 1 saturated heterocycles. The Hall–Kier alpha value is -1.28. The van der Waals surface area contributed by atoms with Crippen molar-refractivity contribution in [2.24, 2.45) is 0 Å². The molecule has 1 aromatic carbocycles. The van der Waals surface area contributed by atoms with E-state index in [-0.39, 0.29) is 46.0 Å². The van der Waals surface area contributed by atoms with Gasteiger partial charge in [0.15, 0.2) is 5.13 Å². The first kappa shape index (κ1) is 24.0. The summed E-state index contributed by atoms with van der Waals surface area (Å²) < 4.78 is 10.8. The number of nitrogens with one attached hydrogen (secondary N) is 1. The summed E-state index contributed by atoms with van der Waals surface area (Å²) in [5, 5.41) is 43.4. The van der Waals surface area contributed by atoms with E-state index in [0.717, 1.165) is 11.3 Å². The van der Waals surface area contributed by atoms with Crippen LogP contribution in [-0.4, -0.2) is 62.9 Å². The Morgan fingerprint density at radius 2 is 1.90 bits per heavy atom. The van der Waals surface area contributed by atoms with Gasteiger partial charge in [-0.1, -0.05) is 35.1 Å². The number of carboxylic acids is 1. The molecule has 0 radical (unpaired) electrons. The van der Waals surface area contributed by atoms with Crippen molar-refractivity contribution in [1.82, 2.24) is 4.98 Å². The first-order valence-corrected chi connectivity index (χ1v) is 9.06. The van der Waals surface area contributed by atoms with Gasteiger partial charge in [-0.05, 0) is 12.1 Å². The number of nitrogens with zero attached hydrogens (tertiary/aromatic N) is 1. The smallest absolute Gasteiger partial charge is 0.547 e. The molecule has 2 heterocycles. The normalized spacial score (nSPS) is 26.3. The van der Waals surface area contributed by atoms with Crippen molar-refractivity contribution in [3.05, 3.63) is 40.4 Å². The van der Waals surface area contributed by atoms with Crippen LogP contribution in [0.15, 0.2) is 30.5 Å². The number of hydrogen-bond donors (Lipinski definition) is 4. The van der Waals surface area contributed by atoms with Gasteiger partial charge in [0.05, 0.1) is 17.7 Å². The van der Waals surface area contributed by atoms with Crippen LogP contribution in [0.25, 0.3) is 0 Å². The predicted octanol–water partition coefficient (Wildman–Crippen LogP) is -4.01. The van der Waals surface area contributed by atoms with E-state index in [1.807, 2.05) is 0 Å². The minimum absolute atomic E-state index is 0. The second-order valence-corrected chi connectivity index (χ2v) is 7.42. The molecule has 1 aromatic heterocycles. The van der Waals surface area contributed by atoms with Gasteiger partial charge < -0.3 is 34.7 Å². The maximum Gasteiger partial charge on any atom is 1.00 e. The number of aliphatic carboxylic acids is 1. The molecule has 29 heavy (non-hydrogen) atoms. The van der Waals surface area contributed by atoms with Crippen molar-refractivity contribution in [1.29, 1.82) is 0 Å². The van der Waals surface area contributed by atoms with Gasteiger partial charge in [0.1, 0.15) is 34.5 Å². The molecule has 1 amide bonds. The minimum Gasteiger partial charge on any atom is -0.547 e. The second-order valence-electron chi connectivity index (χ2n) is 5.75. The maximum absolute atomic E-state index is 12.5. The zero-order chi connectivity index (χ0) is 20.4. The zero-order valence-corrected chi connectivity index (χ0v) is 18.5. The quantitative estimate of drug-likeness (QED) is 0.331. The number of carbonyl (C=O) groups is 2. The molecule has 0 aliphatic carbocycles. The van der Waals surface area contributed by atoms with Crippen LogP contribution >= 0.6 is 22.9 Å². The van der Waals surface area contributed by atoms with E-state index in [0.29, 0.717) is 4.34 Å². The average molecular weight is 453 g/mol. The van der Waals surface area contributed by atoms with Crippen molar-refractivity contribution in [2.75, 3.05) is 5.32 Å². The molecule has 4 N–H and O–H groups in total. The average Bonchev–Trinajstić information content (AvgIpc) is 3.06. The molecule has 2 aromatic rings. The maximum atomic E-state index is 12.5. The van der Waals surface area contributed by atoms with Gasteiger partial charge in [0.2, 0.25) is 6.29 Å². The molecule has 0 saturated carbocycles. The van der Waals surface area contributed by atoms with Crippen LogP contribution in [0.3, 0.4) is 0 Å². The van der Waals surface area contributed by atoms with Crippen LogP contribution in [-0.2, 0) is 9.53 Å². The molecule has 13 heteroatoms. The van der Waals surface area contributed by atoms with E-state index >= 15 is 0 Å². The monoisotopic (exact) mass is 452 g/mol. The van der Waals surface area contributed by atoms with Crippen LogP contribution in [0.1, 0.15) is 10.4 Å². The van der Waals surface area contributed by atoms with E-state index in [1.165, 1.54) is 24.4 Å². The summed E-state index contributed by atoms with van der Waals surface area (Å²) in [5.41, 5.74) is 0.0234. The minimum atomic E-state index is -1.93. The largest absolute Gasteiger partial charge is 1.00 e. The molecule has 10 nitrogen and oxygen atoms in total. The summed E-state index contributed by atoms with van der Waals surface area (Å²) in [5.74, 6) is -2.46. The number of hydrogen-bond acceptors (Lipinski definition) is 10. The SMILES string of the molecule is O=C(Nc1ncc(Cl)s1)c1ccccc1O[C@@H]1O[C@H](C(=O)[O-])[C@@H](O)[C@H](O)[C@H]1O.[Na+]. The second kappa shape index (κ2) is 10.2. The number of aliphatic hydroxyl groups excluding tert-OH is 3. The third-order valence-electron chi connectivity index (χ3n) is 3.87. The number of thiazole rings is 1. The number of rotatable bonds is 5. The Morgan fingerprint density at radius 3 is 2.52 bits per heavy atom. The van der Waals surface area contributed by atoms with Gasteiger partial charge in [-0.2, -0.15) is 0 Å². The Morgan fingerprint density at radius 1 is 1.21 bits per heavy atom. The molecular formula is C16H14ClN2NaO8S. The fourth-order valence-corrected chi connectivity index (χ4v) is 3.31. The molecule has 1 fully saturated rings. The van der Waals surface area contributed by atoms with Gasteiger partial charge in [-0.15, -0.1) is 0 Å². The zero-order valence-electron chi connectivity index (χ0n) is 14.9. The summed E-state index contributed by atoms with van der Waals surface area (Å²) in [6, 6.07) is 5.88. The van der Waals surface area contributed by atoms with E-state index < -0.39 is 42.6 Å². The van der Waals surface area contributed by atoms with E-state index in [1.54, 1.807) is 6.07 Å². The number of para-hydroxylation sites is 1. The topological polar surface area (TPSA) is 161 Å². The van der Waals surface area contributed by atoms with Crippen molar-refractivity contribution in [2.45, 2.75) is 30.7 Å². The van der Waals surface area contributed by atoms with Crippen LogP contribution in [0.5, 0.6) is 5.75 Å². The van der Waals surface area contributed by atoms with Crippen LogP contribution in [0.2, 0.25) is 4.34 Å². The third-order valence-corrected chi connectivity index (χ3v) is 4.90. The Labute approximate surface area is 195 Å². The molecule has 5 atom stereocenters. The molecule has 1 aliphatic heterocycles. The van der Waals surface area contributed by atoms with Gasteiger partial charge in [-0.25, -0.2) is 4.98 Å². The van der Waals surface area contributed by atoms with Crippen LogP contribution in [0, 0.1) is 0 Å².